The van der Waals surface area contributed by atoms with Crippen LogP contribution in [0.2, 0.25) is 0 Å². The van der Waals surface area contributed by atoms with E-state index in [1.165, 1.54) is 12.1 Å². The number of nitrogens with zero attached hydrogens (tertiary/aromatic N) is 1. The fourth-order valence-corrected chi connectivity index (χ4v) is 2.52. The number of ether oxygens (including phenoxy) is 1. The lowest BCUT2D eigenvalue weighted by Crippen LogP contribution is -2.42. The largest absolute Gasteiger partial charge is 0.481 e. The summed E-state index contributed by atoms with van der Waals surface area (Å²) in [6.45, 7) is 2.36. The average Bonchev–Trinajstić information content (AvgIpc) is 2.33. The number of halogens is 2. The van der Waals surface area contributed by atoms with E-state index in [4.69, 9.17) is 9.84 Å². The van der Waals surface area contributed by atoms with Gasteiger partial charge in [0.2, 0.25) is 0 Å². The summed E-state index contributed by atoms with van der Waals surface area (Å²) >= 11 is 3.39. The summed E-state index contributed by atoms with van der Waals surface area (Å²) in [5.41, 5.74) is 0.857. The molecule has 1 aromatic rings. The first-order valence-electron chi connectivity index (χ1n) is 6.04. The Balaban J connectivity index is 1.98. The molecule has 104 valence electrons. The van der Waals surface area contributed by atoms with Gasteiger partial charge in [0, 0.05) is 24.1 Å². The Hall–Kier alpha value is -0.980. The molecule has 0 aromatic heterocycles. The second-order valence-corrected chi connectivity index (χ2v) is 5.42. The molecule has 0 spiro atoms. The number of rotatable bonds is 4. The van der Waals surface area contributed by atoms with Gasteiger partial charge < -0.3 is 9.84 Å². The molecule has 1 aliphatic rings. The number of aliphatic carboxylic acids is 1. The van der Waals surface area contributed by atoms with Crippen molar-refractivity contribution in [2.24, 2.45) is 0 Å². The van der Waals surface area contributed by atoms with E-state index >= 15 is 0 Å². The van der Waals surface area contributed by atoms with Crippen LogP contribution in [0.1, 0.15) is 12.0 Å². The van der Waals surface area contributed by atoms with Gasteiger partial charge in [-0.1, -0.05) is 15.9 Å². The highest BCUT2D eigenvalue weighted by atomic mass is 79.9. The number of benzene rings is 1. The summed E-state index contributed by atoms with van der Waals surface area (Å²) in [6.07, 6.45) is -0.292. The molecule has 1 heterocycles. The maximum absolute atomic E-state index is 13.2. The van der Waals surface area contributed by atoms with Crippen LogP contribution in [0.3, 0.4) is 0 Å². The highest BCUT2D eigenvalue weighted by Crippen LogP contribution is 2.21. The summed E-state index contributed by atoms with van der Waals surface area (Å²) < 4.78 is 19.5. The van der Waals surface area contributed by atoms with Crippen LogP contribution >= 0.6 is 15.9 Å². The zero-order valence-electron chi connectivity index (χ0n) is 10.3. The molecule has 1 aliphatic heterocycles. The monoisotopic (exact) mass is 331 g/mol. The van der Waals surface area contributed by atoms with E-state index in [9.17, 15) is 9.18 Å². The Kier molecular flexibility index (Phi) is 4.90. The molecule has 6 heteroatoms. The first-order valence-corrected chi connectivity index (χ1v) is 6.83. The molecule has 1 saturated heterocycles. The average molecular weight is 332 g/mol. The van der Waals surface area contributed by atoms with E-state index in [0.29, 0.717) is 19.7 Å². The first kappa shape index (κ1) is 14.4. The number of morpholine rings is 1. The Morgan fingerprint density at radius 1 is 1.58 bits per heavy atom. The van der Waals surface area contributed by atoms with E-state index in [2.05, 4.69) is 20.8 Å². The van der Waals surface area contributed by atoms with Gasteiger partial charge in [-0.2, -0.15) is 0 Å². The van der Waals surface area contributed by atoms with E-state index in [-0.39, 0.29) is 18.3 Å². The SMILES string of the molecule is O=C(O)CC1CN(Cc2cc(F)ccc2Br)CCO1. The Morgan fingerprint density at radius 2 is 2.37 bits per heavy atom. The van der Waals surface area contributed by atoms with Crippen LogP contribution < -0.4 is 0 Å². The van der Waals surface area contributed by atoms with Gasteiger partial charge >= 0.3 is 5.97 Å². The number of carboxylic acid groups (broad SMARTS) is 1. The molecule has 1 fully saturated rings. The van der Waals surface area contributed by atoms with Gasteiger partial charge in [-0.3, -0.25) is 9.69 Å². The van der Waals surface area contributed by atoms with Crippen molar-refractivity contribution in [3.63, 3.8) is 0 Å². The molecule has 0 aliphatic carbocycles. The van der Waals surface area contributed by atoms with Gasteiger partial charge in [0.1, 0.15) is 5.82 Å². The number of carboxylic acids is 1. The fraction of sp³-hybridized carbons (Fsp3) is 0.462. The van der Waals surface area contributed by atoms with E-state index in [1.54, 1.807) is 6.07 Å². The number of hydrogen-bond donors (Lipinski definition) is 1. The Morgan fingerprint density at radius 3 is 3.11 bits per heavy atom. The normalized spacial score (nSPS) is 20.4. The van der Waals surface area contributed by atoms with Crippen molar-refractivity contribution < 1.29 is 19.0 Å². The molecule has 0 bridgehead atoms. The molecule has 1 aromatic carbocycles. The van der Waals surface area contributed by atoms with E-state index < -0.39 is 5.97 Å². The molecule has 0 saturated carbocycles. The summed E-state index contributed by atoms with van der Waals surface area (Å²) in [5.74, 6) is -1.13. The molecule has 1 unspecified atom stereocenters. The lowest BCUT2D eigenvalue weighted by Gasteiger charge is -2.32. The van der Waals surface area contributed by atoms with Crippen molar-refractivity contribution in [1.82, 2.24) is 4.90 Å². The smallest absolute Gasteiger partial charge is 0.306 e. The van der Waals surface area contributed by atoms with Gasteiger partial charge in [0.15, 0.2) is 0 Å². The molecule has 1 N–H and O–H groups in total. The number of hydrogen-bond acceptors (Lipinski definition) is 3. The van der Waals surface area contributed by atoms with E-state index in [0.717, 1.165) is 16.6 Å². The highest BCUT2D eigenvalue weighted by Gasteiger charge is 2.23. The van der Waals surface area contributed by atoms with Crippen molar-refractivity contribution in [3.8, 4) is 0 Å². The zero-order chi connectivity index (χ0) is 13.8. The van der Waals surface area contributed by atoms with Gasteiger partial charge in [-0.15, -0.1) is 0 Å². The molecule has 19 heavy (non-hydrogen) atoms. The topological polar surface area (TPSA) is 49.8 Å². The zero-order valence-corrected chi connectivity index (χ0v) is 11.9. The van der Waals surface area contributed by atoms with Gasteiger partial charge in [-0.25, -0.2) is 4.39 Å². The Bertz CT molecular complexity index is 469. The lowest BCUT2D eigenvalue weighted by atomic mass is 10.1. The van der Waals surface area contributed by atoms with Crippen molar-refractivity contribution in [3.05, 3.63) is 34.1 Å². The molecule has 2 rings (SSSR count). The van der Waals surface area contributed by atoms with Crippen LogP contribution in [0.15, 0.2) is 22.7 Å². The van der Waals surface area contributed by atoms with Crippen LogP contribution in [0.4, 0.5) is 4.39 Å². The first-order chi connectivity index (χ1) is 9.04. The molecular formula is C13H15BrFNO3. The predicted octanol–water partition coefficient (Wildman–Crippen LogP) is 2.26. The second kappa shape index (κ2) is 6.45. The Labute approximate surface area is 119 Å². The predicted molar refractivity (Wildman–Crippen MR) is 71.4 cm³/mol. The van der Waals surface area contributed by atoms with Crippen LogP contribution in [-0.2, 0) is 16.1 Å². The minimum atomic E-state index is -0.862. The van der Waals surface area contributed by atoms with Crippen molar-refractivity contribution in [2.45, 2.75) is 19.1 Å². The number of carbonyl (C=O) groups is 1. The van der Waals surface area contributed by atoms with Crippen LogP contribution in [0.5, 0.6) is 0 Å². The maximum Gasteiger partial charge on any atom is 0.306 e. The molecule has 1 atom stereocenters. The van der Waals surface area contributed by atoms with Gasteiger partial charge in [-0.05, 0) is 23.8 Å². The minimum absolute atomic E-state index is 0.000814. The van der Waals surface area contributed by atoms with Crippen molar-refractivity contribution in [1.29, 1.82) is 0 Å². The minimum Gasteiger partial charge on any atom is -0.481 e. The van der Waals surface area contributed by atoms with Crippen molar-refractivity contribution in [2.75, 3.05) is 19.7 Å². The molecule has 0 amide bonds. The van der Waals surface area contributed by atoms with E-state index in [1.807, 2.05) is 0 Å². The summed E-state index contributed by atoms with van der Waals surface area (Å²) in [4.78, 5) is 12.8. The molecule has 0 radical (unpaired) electrons. The van der Waals surface area contributed by atoms with Gasteiger partial charge in [0.25, 0.3) is 0 Å². The summed E-state index contributed by atoms with van der Waals surface area (Å²) in [6, 6.07) is 4.58. The third kappa shape index (κ3) is 4.26. The quantitative estimate of drug-likeness (QED) is 0.919. The molecular weight excluding hydrogens is 317 g/mol. The van der Waals surface area contributed by atoms with Crippen molar-refractivity contribution >= 4 is 21.9 Å². The third-order valence-electron chi connectivity index (χ3n) is 3.03. The molecule has 4 nitrogen and oxygen atoms in total. The summed E-state index contributed by atoms with van der Waals surface area (Å²) in [5, 5.41) is 8.77. The standard InChI is InChI=1S/C13H15BrFNO3/c14-12-2-1-10(15)5-9(12)7-16-3-4-19-11(8-16)6-13(17)18/h1-2,5,11H,3-4,6-8H2,(H,17,18). The van der Waals surface area contributed by atoms with Crippen LogP contribution in [0, 0.1) is 5.82 Å². The van der Waals surface area contributed by atoms with Crippen LogP contribution in [0.25, 0.3) is 0 Å². The van der Waals surface area contributed by atoms with Crippen LogP contribution in [-0.4, -0.2) is 41.8 Å². The highest BCUT2D eigenvalue weighted by molar-refractivity contribution is 9.10. The fourth-order valence-electron chi connectivity index (χ4n) is 2.15. The maximum atomic E-state index is 13.2. The lowest BCUT2D eigenvalue weighted by molar-refractivity contribution is -0.142. The van der Waals surface area contributed by atoms with Gasteiger partial charge in [0.05, 0.1) is 19.1 Å². The second-order valence-electron chi connectivity index (χ2n) is 4.56. The third-order valence-corrected chi connectivity index (χ3v) is 3.80. The summed E-state index contributed by atoms with van der Waals surface area (Å²) in [7, 11) is 0.